The molecule has 1 aliphatic carbocycles. The molecule has 2 rings (SSSR count). The van der Waals surface area contributed by atoms with Gasteiger partial charge < -0.3 is 5.11 Å². The van der Waals surface area contributed by atoms with Crippen molar-refractivity contribution in [2.75, 3.05) is 20.2 Å². The van der Waals surface area contributed by atoms with Crippen LogP contribution in [0.2, 0.25) is 0 Å². The average molecular weight is 281 g/mol. The van der Waals surface area contributed by atoms with Crippen molar-refractivity contribution in [1.82, 2.24) is 4.90 Å². The lowest BCUT2D eigenvalue weighted by Gasteiger charge is -2.42. The molecular weight excluding hydrogens is 254 g/mol. The molecule has 1 unspecified atom stereocenters. The summed E-state index contributed by atoms with van der Waals surface area (Å²) in [5.41, 5.74) is 0.132. The van der Waals surface area contributed by atoms with E-state index in [1.807, 2.05) is 11.3 Å². The molecule has 19 heavy (non-hydrogen) atoms. The van der Waals surface area contributed by atoms with Gasteiger partial charge in [0, 0.05) is 29.5 Å². The predicted molar refractivity (Wildman–Crippen MR) is 82.5 cm³/mol. The summed E-state index contributed by atoms with van der Waals surface area (Å²) in [6.45, 7) is 5.94. The number of nitrogens with zero attached hydrogens (tertiary/aromatic N) is 1. The van der Waals surface area contributed by atoms with Gasteiger partial charge in [-0.2, -0.15) is 0 Å². The van der Waals surface area contributed by atoms with Crippen LogP contribution in [-0.2, 0) is 0 Å². The van der Waals surface area contributed by atoms with E-state index in [-0.39, 0.29) is 5.41 Å². The molecule has 0 bridgehead atoms. The zero-order chi connectivity index (χ0) is 13.9. The highest BCUT2D eigenvalue weighted by Crippen LogP contribution is 2.40. The topological polar surface area (TPSA) is 23.5 Å². The Morgan fingerprint density at radius 1 is 1.47 bits per heavy atom. The Morgan fingerprint density at radius 3 is 2.68 bits per heavy atom. The van der Waals surface area contributed by atoms with Gasteiger partial charge >= 0.3 is 0 Å². The summed E-state index contributed by atoms with van der Waals surface area (Å²) in [6, 6.07) is 4.78. The van der Waals surface area contributed by atoms with E-state index in [2.05, 4.69) is 43.3 Å². The van der Waals surface area contributed by atoms with E-state index in [0.29, 0.717) is 12.6 Å². The molecular formula is C16H27NOS. The summed E-state index contributed by atoms with van der Waals surface area (Å²) in [4.78, 5) is 3.83. The van der Waals surface area contributed by atoms with Gasteiger partial charge in [-0.05, 0) is 44.2 Å². The first-order valence-electron chi connectivity index (χ1n) is 7.41. The summed E-state index contributed by atoms with van der Waals surface area (Å²) >= 11 is 1.82. The first-order valence-corrected chi connectivity index (χ1v) is 8.29. The van der Waals surface area contributed by atoms with E-state index in [0.717, 1.165) is 12.5 Å². The number of aliphatic hydroxyl groups excluding tert-OH is 1. The molecule has 1 aromatic rings. The maximum absolute atomic E-state index is 9.86. The fourth-order valence-corrected chi connectivity index (χ4v) is 4.00. The van der Waals surface area contributed by atoms with Crippen LogP contribution in [0.3, 0.4) is 0 Å². The van der Waals surface area contributed by atoms with E-state index in [1.54, 1.807) is 0 Å². The molecule has 3 heteroatoms. The number of hydrogen-bond donors (Lipinski definition) is 1. The molecule has 1 saturated carbocycles. The quantitative estimate of drug-likeness (QED) is 0.884. The van der Waals surface area contributed by atoms with Crippen molar-refractivity contribution < 1.29 is 5.11 Å². The minimum Gasteiger partial charge on any atom is -0.396 e. The molecule has 1 N–H and O–H groups in total. The Balaban J connectivity index is 1.98. The van der Waals surface area contributed by atoms with Crippen molar-refractivity contribution in [3.05, 3.63) is 22.4 Å². The minimum absolute atomic E-state index is 0.132. The summed E-state index contributed by atoms with van der Waals surface area (Å²) in [7, 11) is 2.19. The first kappa shape index (κ1) is 15.0. The predicted octanol–water partition coefficient (Wildman–Crippen LogP) is 3.93. The molecule has 1 aliphatic rings. The number of aliphatic hydroxyl groups is 1. The number of thiophene rings is 1. The summed E-state index contributed by atoms with van der Waals surface area (Å²) in [5, 5.41) is 12.0. The van der Waals surface area contributed by atoms with Gasteiger partial charge in [0.1, 0.15) is 0 Å². The number of rotatable bonds is 5. The van der Waals surface area contributed by atoms with Crippen LogP contribution in [-0.4, -0.2) is 30.2 Å². The van der Waals surface area contributed by atoms with Crippen molar-refractivity contribution in [3.63, 3.8) is 0 Å². The molecule has 0 amide bonds. The SMILES string of the molecule is CC1CCC(CO)(CN(C)C(C)c2cccs2)CC1. The molecule has 1 heterocycles. The Labute approximate surface area is 121 Å². The van der Waals surface area contributed by atoms with Crippen LogP contribution in [0.15, 0.2) is 17.5 Å². The largest absolute Gasteiger partial charge is 0.396 e. The molecule has 1 atom stereocenters. The van der Waals surface area contributed by atoms with Gasteiger partial charge in [-0.25, -0.2) is 0 Å². The van der Waals surface area contributed by atoms with Crippen LogP contribution in [0, 0.1) is 11.3 Å². The second kappa shape index (κ2) is 6.38. The maximum Gasteiger partial charge on any atom is 0.0499 e. The lowest BCUT2D eigenvalue weighted by atomic mass is 9.71. The van der Waals surface area contributed by atoms with Gasteiger partial charge in [0.25, 0.3) is 0 Å². The standard InChI is InChI=1S/C16H27NOS/c1-13-6-8-16(12-18,9-7-13)11-17(3)14(2)15-5-4-10-19-15/h4-5,10,13-14,18H,6-9,11-12H2,1-3H3. The van der Waals surface area contributed by atoms with E-state index in [9.17, 15) is 5.11 Å². The van der Waals surface area contributed by atoms with Crippen molar-refractivity contribution >= 4 is 11.3 Å². The van der Waals surface area contributed by atoms with Crippen LogP contribution < -0.4 is 0 Å². The van der Waals surface area contributed by atoms with E-state index < -0.39 is 0 Å². The van der Waals surface area contributed by atoms with Crippen molar-refractivity contribution in [1.29, 1.82) is 0 Å². The van der Waals surface area contributed by atoms with Gasteiger partial charge in [0.05, 0.1) is 0 Å². The highest BCUT2D eigenvalue weighted by atomic mass is 32.1. The molecule has 2 nitrogen and oxygen atoms in total. The molecule has 0 aliphatic heterocycles. The second-order valence-electron chi connectivity index (χ2n) is 6.45. The Bertz CT molecular complexity index is 368. The zero-order valence-corrected chi connectivity index (χ0v) is 13.2. The molecule has 0 radical (unpaired) electrons. The van der Waals surface area contributed by atoms with Crippen molar-refractivity contribution in [3.8, 4) is 0 Å². The van der Waals surface area contributed by atoms with Crippen LogP contribution in [0.5, 0.6) is 0 Å². The second-order valence-corrected chi connectivity index (χ2v) is 7.43. The average Bonchev–Trinajstić information content (AvgIpc) is 2.95. The van der Waals surface area contributed by atoms with Crippen LogP contribution in [0.4, 0.5) is 0 Å². The third-order valence-corrected chi connectivity index (χ3v) is 5.91. The summed E-state index contributed by atoms with van der Waals surface area (Å²) in [6.07, 6.45) is 4.88. The third kappa shape index (κ3) is 3.59. The van der Waals surface area contributed by atoms with E-state index >= 15 is 0 Å². The monoisotopic (exact) mass is 281 g/mol. The maximum atomic E-state index is 9.86. The molecule has 1 fully saturated rings. The fraction of sp³-hybridized carbons (Fsp3) is 0.750. The minimum atomic E-state index is 0.132. The Morgan fingerprint density at radius 2 is 2.16 bits per heavy atom. The molecule has 0 aromatic carbocycles. The third-order valence-electron chi connectivity index (χ3n) is 4.87. The Hall–Kier alpha value is -0.380. The lowest BCUT2D eigenvalue weighted by Crippen LogP contribution is -2.41. The molecule has 0 spiro atoms. The van der Waals surface area contributed by atoms with E-state index in [1.165, 1.54) is 30.6 Å². The molecule has 1 aromatic heterocycles. The highest BCUT2D eigenvalue weighted by molar-refractivity contribution is 7.10. The van der Waals surface area contributed by atoms with Crippen LogP contribution in [0.1, 0.15) is 50.4 Å². The normalized spacial score (nSPS) is 29.6. The van der Waals surface area contributed by atoms with Gasteiger partial charge in [0.2, 0.25) is 0 Å². The van der Waals surface area contributed by atoms with Crippen molar-refractivity contribution in [2.45, 2.75) is 45.6 Å². The van der Waals surface area contributed by atoms with Gasteiger partial charge in [-0.15, -0.1) is 11.3 Å². The smallest absolute Gasteiger partial charge is 0.0499 e. The van der Waals surface area contributed by atoms with Gasteiger partial charge in [-0.3, -0.25) is 4.90 Å². The fourth-order valence-electron chi connectivity index (χ4n) is 3.15. The lowest BCUT2D eigenvalue weighted by molar-refractivity contribution is 0.0271. The number of hydrogen-bond acceptors (Lipinski definition) is 3. The van der Waals surface area contributed by atoms with Gasteiger partial charge in [-0.1, -0.05) is 25.8 Å². The first-order chi connectivity index (χ1) is 9.06. The van der Waals surface area contributed by atoms with Gasteiger partial charge in [0.15, 0.2) is 0 Å². The highest BCUT2D eigenvalue weighted by Gasteiger charge is 2.35. The zero-order valence-electron chi connectivity index (χ0n) is 12.4. The summed E-state index contributed by atoms with van der Waals surface area (Å²) in [5.74, 6) is 0.833. The van der Waals surface area contributed by atoms with E-state index in [4.69, 9.17) is 0 Å². The van der Waals surface area contributed by atoms with Crippen LogP contribution in [0.25, 0.3) is 0 Å². The summed E-state index contributed by atoms with van der Waals surface area (Å²) < 4.78 is 0. The van der Waals surface area contributed by atoms with Crippen molar-refractivity contribution in [2.24, 2.45) is 11.3 Å². The molecule has 108 valence electrons. The Kier molecular flexibility index (Phi) is 5.04. The van der Waals surface area contributed by atoms with Crippen LogP contribution >= 0.6 is 11.3 Å². The molecule has 0 saturated heterocycles.